The zero-order valence-corrected chi connectivity index (χ0v) is 11.8. The van der Waals surface area contributed by atoms with E-state index in [1.807, 2.05) is 30.3 Å². The smallest absolute Gasteiger partial charge is 0.229 e. The summed E-state index contributed by atoms with van der Waals surface area (Å²) in [5, 5.41) is 2.97. The lowest BCUT2D eigenvalue weighted by molar-refractivity contribution is 0.0979. The molecule has 0 aliphatic heterocycles. The minimum Gasteiger partial charge on any atom is -0.351 e. The molecule has 0 amide bonds. The fourth-order valence-corrected chi connectivity index (χ4v) is 2.49. The van der Waals surface area contributed by atoms with Crippen molar-refractivity contribution in [2.24, 2.45) is 0 Å². The molecule has 2 aromatic rings. The van der Waals surface area contributed by atoms with Crippen molar-refractivity contribution in [1.29, 1.82) is 0 Å². The molecular formula is C15H9BrN2O2. The number of hydrogen-bond acceptors (Lipinski definition) is 4. The molecule has 5 heteroatoms. The number of para-hydroxylation sites is 1. The van der Waals surface area contributed by atoms with Gasteiger partial charge >= 0.3 is 0 Å². The van der Waals surface area contributed by atoms with Gasteiger partial charge in [0.25, 0.3) is 0 Å². The van der Waals surface area contributed by atoms with Gasteiger partial charge in [0, 0.05) is 11.9 Å². The maximum Gasteiger partial charge on any atom is 0.229 e. The summed E-state index contributed by atoms with van der Waals surface area (Å²) in [6.07, 6.45) is 1.50. The molecule has 3 rings (SSSR count). The first-order valence-corrected chi connectivity index (χ1v) is 6.74. The molecule has 1 aromatic carbocycles. The molecule has 4 nitrogen and oxygen atoms in total. The van der Waals surface area contributed by atoms with Gasteiger partial charge in [-0.25, -0.2) is 0 Å². The number of allylic oxidation sites excluding steroid dienone is 2. The first-order chi connectivity index (χ1) is 9.68. The van der Waals surface area contributed by atoms with Crippen LogP contribution in [0.3, 0.4) is 0 Å². The Labute approximate surface area is 123 Å². The summed E-state index contributed by atoms with van der Waals surface area (Å²) in [6, 6.07) is 12.4. The topological polar surface area (TPSA) is 59.1 Å². The highest BCUT2D eigenvalue weighted by atomic mass is 79.9. The third kappa shape index (κ3) is 2.06. The van der Waals surface area contributed by atoms with Crippen molar-refractivity contribution in [2.45, 2.75) is 0 Å². The highest BCUT2D eigenvalue weighted by Gasteiger charge is 2.32. The normalized spacial score (nSPS) is 14.2. The van der Waals surface area contributed by atoms with Crippen LogP contribution in [0.25, 0.3) is 0 Å². The zero-order valence-electron chi connectivity index (χ0n) is 10.3. The van der Waals surface area contributed by atoms with Gasteiger partial charge in [-0.2, -0.15) is 0 Å². The second kappa shape index (κ2) is 5.02. The molecule has 1 aliphatic rings. The molecule has 0 fully saturated rings. The van der Waals surface area contributed by atoms with E-state index >= 15 is 0 Å². The summed E-state index contributed by atoms with van der Waals surface area (Å²) in [5.41, 5.74) is 1.45. The number of Topliss-reactive ketones (excluding diaryl/α,β-unsaturated/α-hetero) is 2. The summed E-state index contributed by atoms with van der Waals surface area (Å²) in [4.78, 5) is 28.6. The van der Waals surface area contributed by atoms with Crippen LogP contribution in [0.1, 0.15) is 20.8 Å². The fourth-order valence-electron chi connectivity index (χ4n) is 2.00. The van der Waals surface area contributed by atoms with E-state index in [2.05, 4.69) is 26.2 Å². The number of anilines is 1. The van der Waals surface area contributed by atoms with Gasteiger partial charge in [-0.05, 0) is 40.2 Å². The zero-order chi connectivity index (χ0) is 14.1. The minimum atomic E-state index is -0.295. The Morgan fingerprint density at radius 2 is 1.70 bits per heavy atom. The highest BCUT2D eigenvalue weighted by molar-refractivity contribution is 9.12. The van der Waals surface area contributed by atoms with Gasteiger partial charge in [0.05, 0.1) is 10.0 Å². The number of pyridine rings is 1. The predicted molar refractivity (Wildman–Crippen MR) is 78.9 cm³/mol. The monoisotopic (exact) mass is 328 g/mol. The summed E-state index contributed by atoms with van der Waals surface area (Å²) < 4.78 is 0.229. The van der Waals surface area contributed by atoms with E-state index in [1.165, 1.54) is 6.20 Å². The molecule has 1 N–H and O–H groups in total. The van der Waals surface area contributed by atoms with Crippen LogP contribution in [-0.2, 0) is 0 Å². The van der Waals surface area contributed by atoms with Gasteiger partial charge in [0.2, 0.25) is 11.6 Å². The number of carbonyl (C=O) groups excluding carboxylic acids is 2. The number of benzene rings is 1. The van der Waals surface area contributed by atoms with Gasteiger partial charge in [-0.1, -0.05) is 18.2 Å². The lowest BCUT2D eigenvalue weighted by atomic mass is 9.97. The molecule has 0 atom stereocenters. The number of aromatic nitrogens is 1. The molecule has 20 heavy (non-hydrogen) atoms. The largest absolute Gasteiger partial charge is 0.351 e. The number of fused-ring (bicyclic) bond motifs is 1. The lowest BCUT2D eigenvalue weighted by Gasteiger charge is -2.18. The number of ketones is 2. The molecule has 1 aromatic heterocycles. The second-order valence-corrected chi connectivity index (χ2v) is 5.03. The van der Waals surface area contributed by atoms with Crippen molar-refractivity contribution in [1.82, 2.24) is 4.98 Å². The van der Waals surface area contributed by atoms with Gasteiger partial charge in [0.1, 0.15) is 11.4 Å². The van der Waals surface area contributed by atoms with Crippen molar-refractivity contribution >= 4 is 33.2 Å². The van der Waals surface area contributed by atoms with Crippen molar-refractivity contribution in [3.63, 3.8) is 0 Å². The van der Waals surface area contributed by atoms with Crippen LogP contribution < -0.4 is 5.32 Å². The number of carbonyl (C=O) groups is 2. The van der Waals surface area contributed by atoms with Crippen molar-refractivity contribution in [3.05, 3.63) is 70.1 Å². The number of rotatable bonds is 2. The Bertz CT molecular complexity index is 739. The lowest BCUT2D eigenvalue weighted by Crippen LogP contribution is -2.25. The summed E-state index contributed by atoms with van der Waals surface area (Å²) >= 11 is 3.21. The van der Waals surface area contributed by atoms with E-state index in [0.717, 1.165) is 5.69 Å². The molecule has 0 saturated heterocycles. The third-order valence-corrected chi connectivity index (χ3v) is 3.71. The molecule has 0 radical (unpaired) electrons. The Balaban J connectivity index is 2.06. The highest BCUT2D eigenvalue weighted by Crippen LogP contribution is 2.29. The number of hydrogen-bond donors (Lipinski definition) is 1. The average Bonchev–Trinajstić information content (AvgIpc) is 2.50. The summed E-state index contributed by atoms with van der Waals surface area (Å²) in [7, 11) is 0. The predicted octanol–water partition coefficient (Wildman–Crippen LogP) is 3.18. The number of nitrogens with zero attached hydrogens (tertiary/aromatic N) is 1. The maximum atomic E-state index is 12.4. The summed E-state index contributed by atoms with van der Waals surface area (Å²) in [6.45, 7) is 0. The van der Waals surface area contributed by atoms with Crippen molar-refractivity contribution in [2.75, 3.05) is 5.32 Å². The average molecular weight is 329 g/mol. The SMILES string of the molecule is O=C1C(Br)=C(Nc2ccccc2)C(=O)c2ncccc21. The van der Waals surface area contributed by atoms with Crippen LogP contribution in [0.5, 0.6) is 0 Å². The van der Waals surface area contributed by atoms with Crippen LogP contribution in [0.2, 0.25) is 0 Å². The van der Waals surface area contributed by atoms with Gasteiger partial charge < -0.3 is 5.32 Å². The maximum absolute atomic E-state index is 12.4. The van der Waals surface area contributed by atoms with E-state index in [4.69, 9.17) is 0 Å². The Morgan fingerprint density at radius 3 is 2.45 bits per heavy atom. The van der Waals surface area contributed by atoms with Crippen LogP contribution in [0.4, 0.5) is 5.69 Å². The quantitative estimate of drug-likeness (QED) is 0.919. The first-order valence-electron chi connectivity index (χ1n) is 5.95. The van der Waals surface area contributed by atoms with Crippen LogP contribution in [-0.4, -0.2) is 16.6 Å². The molecule has 1 heterocycles. The van der Waals surface area contributed by atoms with E-state index in [1.54, 1.807) is 12.1 Å². The van der Waals surface area contributed by atoms with Gasteiger partial charge in [0.15, 0.2) is 0 Å². The van der Waals surface area contributed by atoms with E-state index in [9.17, 15) is 9.59 Å². The third-order valence-electron chi connectivity index (χ3n) is 2.96. The minimum absolute atomic E-state index is 0.180. The van der Waals surface area contributed by atoms with Crippen LogP contribution in [0, 0.1) is 0 Å². The fraction of sp³-hybridized carbons (Fsp3) is 0. The number of nitrogens with one attached hydrogen (secondary N) is 1. The van der Waals surface area contributed by atoms with Gasteiger partial charge in [-0.3, -0.25) is 14.6 Å². The van der Waals surface area contributed by atoms with E-state index in [-0.39, 0.29) is 27.4 Å². The Hall–Kier alpha value is -2.27. The summed E-state index contributed by atoms with van der Waals surface area (Å²) in [5.74, 6) is -0.540. The molecule has 1 aliphatic carbocycles. The Morgan fingerprint density at radius 1 is 0.950 bits per heavy atom. The van der Waals surface area contributed by atoms with E-state index < -0.39 is 0 Å². The van der Waals surface area contributed by atoms with Crippen LogP contribution >= 0.6 is 15.9 Å². The van der Waals surface area contributed by atoms with Gasteiger partial charge in [-0.15, -0.1) is 0 Å². The molecule has 98 valence electrons. The number of halogens is 1. The molecule has 0 bridgehead atoms. The molecular weight excluding hydrogens is 320 g/mol. The molecule has 0 saturated carbocycles. The van der Waals surface area contributed by atoms with E-state index in [0.29, 0.717) is 5.56 Å². The van der Waals surface area contributed by atoms with Crippen molar-refractivity contribution in [3.8, 4) is 0 Å². The van der Waals surface area contributed by atoms with Crippen molar-refractivity contribution < 1.29 is 9.59 Å². The molecule has 0 spiro atoms. The second-order valence-electron chi connectivity index (χ2n) is 4.24. The Kier molecular flexibility index (Phi) is 3.20. The standard InChI is InChI=1S/C15H9BrN2O2/c16-11-13(18-9-5-2-1-3-6-9)15(20)12-10(14(11)19)7-4-8-17-12/h1-8,18H. The van der Waals surface area contributed by atoms with Crippen LogP contribution in [0.15, 0.2) is 58.8 Å². The molecule has 0 unspecified atom stereocenters. The first kappa shape index (κ1) is 12.7.